The van der Waals surface area contributed by atoms with Crippen molar-refractivity contribution in [2.24, 2.45) is 10.8 Å². The van der Waals surface area contributed by atoms with Crippen LogP contribution in [0.2, 0.25) is 0 Å². The maximum absolute atomic E-state index is 13.2. The van der Waals surface area contributed by atoms with Crippen LogP contribution in [-0.4, -0.2) is 93.0 Å². The van der Waals surface area contributed by atoms with Crippen LogP contribution in [0.25, 0.3) is 44.1 Å². The summed E-state index contributed by atoms with van der Waals surface area (Å²) in [6.45, 7) is 26.9. The number of nitrogens with zero attached hydrogens (tertiary/aromatic N) is 5. The number of aromatic nitrogens is 6. The zero-order valence-corrected chi connectivity index (χ0v) is 60.7. The van der Waals surface area contributed by atoms with Gasteiger partial charge in [0.15, 0.2) is 0 Å². The van der Waals surface area contributed by atoms with Crippen LogP contribution >= 0.6 is 23.5 Å². The second-order valence-electron chi connectivity index (χ2n) is 26.4. The predicted octanol–water partition coefficient (Wildman–Crippen LogP) is 17.2. The molecule has 0 aliphatic rings. The summed E-state index contributed by atoms with van der Waals surface area (Å²) >= 11 is 3.62. The molecule has 1 N–H and O–H groups in total. The fourth-order valence-corrected chi connectivity index (χ4v) is 13.0. The van der Waals surface area contributed by atoms with E-state index in [1.807, 2.05) is 157 Å². The first kappa shape index (κ1) is 74.1. The van der Waals surface area contributed by atoms with Crippen LogP contribution in [0.3, 0.4) is 0 Å². The summed E-state index contributed by atoms with van der Waals surface area (Å²) in [4.78, 5) is 48.7. The number of fused-ring (bicyclic) bond motifs is 2. The van der Waals surface area contributed by atoms with Crippen molar-refractivity contribution in [1.82, 2.24) is 29.5 Å². The Hall–Kier alpha value is -8.69. The number of aromatic amines is 1. The third kappa shape index (κ3) is 21.7. The zero-order chi connectivity index (χ0) is 70.1. The van der Waals surface area contributed by atoms with Gasteiger partial charge in [-0.2, -0.15) is 8.42 Å². The standard InChI is InChI=1S/C38H43N3O4S.C25H32N2O3S.C14H15NO4S/c1-8-44-36(42)38(5,6)22-33-35(46-37(2,3)4)31-21-30(45-25-29-11-9-10-20-39-29)17-18-32(31)41(33)24-26-12-14-27(15-13-26)28-16-19-34(43-7)40-23-28;1-7-29-23(28)25(5,6)15-21-22(31-24(2,3)4)19-14-18(11-12-20(19)27-21)30-16-17-10-8-9-13-26-17;1-18-14-8-7-13(9-15-14)12-5-3-11(4-6-12)10-19-20(2,16)17/h9-21,23H,8,22,24-25H2,1-7H3;8-14,27H,7,15-16H2,1-6H3;3-9H,10H2,1-2H3. The van der Waals surface area contributed by atoms with E-state index in [1.165, 1.54) is 0 Å². The number of esters is 2. The number of pyridine rings is 4. The van der Waals surface area contributed by atoms with E-state index in [0.29, 0.717) is 57.6 Å². The van der Waals surface area contributed by atoms with E-state index in [9.17, 15) is 18.0 Å². The van der Waals surface area contributed by atoms with Crippen molar-refractivity contribution in [1.29, 1.82) is 0 Å². The predicted molar refractivity (Wildman–Crippen MR) is 388 cm³/mol. The van der Waals surface area contributed by atoms with Crippen molar-refractivity contribution in [2.75, 3.05) is 33.7 Å². The molecule has 6 aromatic heterocycles. The Morgan fingerprint density at radius 2 is 1.00 bits per heavy atom. The Kier molecular flexibility index (Phi) is 25.2. The van der Waals surface area contributed by atoms with Gasteiger partial charge in [0.25, 0.3) is 10.1 Å². The number of benzene rings is 4. The van der Waals surface area contributed by atoms with Gasteiger partial charge in [0.05, 0.1) is 62.5 Å². The average Bonchev–Trinajstić information content (AvgIpc) is 1.61. The summed E-state index contributed by atoms with van der Waals surface area (Å²) in [7, 11) is -0.232. The van der Waals surface area contributed by atoms with Gasteiger partial charge in [0, 0.05) is 120 Å². The molecule has 97 heavy (non-hydrogen) atoms. The second-order valence-corrected chi connectivity index (χ2v) is 31.7. The average molecular weight is 1370 g/mol. The Balaban J connectivity index is 0.000000203. The fourth-order valence-electron chi connectivity index (χ4n) is 10.3. The van der Waals surface area contributed by atoms with Gasteiger partial charge in [0.1, 0.15) is 24.7 Å². The smallest absolute Gasteiger partial charge is 0.311 e. The van der Waals surface area contributed by atoms with Gasteiger partial charge in [0.2, 0.25) is 11.8 Å². The highest BCUT2D eigenvalue weighted by Gasteiger charge is 2.35. The topological polar surface area (TPSA) is 205 Å². The molecule has 0 amide bonds. The van der Waals surface area contributed by atoms with Crippen molar-refractivity contribution in [3.63, 3.8) is 0 Å². The lowest BCUT2D eigenvalue weighted by Gasteiger charge is -2.26. The molecule has 0 aliphatic heterocycles. The minimum Gasteiger partial charge on any atom is -0.487 e. The van der Waals surface area contributed by atoms with E-state index >= 15 is 0 Å². The number of thioether (sulfide) groups is 2. The van der Waals surface area contributed by atoms with E-state index in [1.54, 1.807) is 50.6 Å². The number of ether oxygens (including phenoxy) is 6. The second kappa shape index (κ2) is 33.0. The highest BCUT2D eigenvalue weighted by atomic mass is 32.2. The van der Waals surface area contributed by atoms with Crippen molar-refractivity contribution in [3.05, 3.63) is 204 Å². The summed E-state index contributed by atoms with van der Waals surface area (Å²) in [6.07, 6.45) is 9.22. The van der Waals surface area contributed by atoms with Gasteiger partial charge in [-0.15, -0.1) is 23.5 Å². The van der Waals surface area contributed by atoms with E-state index in [0.717, 1.165) is 106 Å². The van der Waals surface area contributed by atoms with Gasteiger partial charge in [-0.05, 0) is 137 Å². The molecule has 0 atom stereocenters. The van der Waals surface area contributed by atoms with Crippen molar-refractivity contribution in [2.45, 2.75) is 142 Å². The molecule has 0 aliphatic carbocycles. The van der Waals surface area contributed by atoms with Crippen LogP contribution in [0.4, 0.5) is 0 Å². The quantitative estimate of drug-likeness (QED) is 0.0321. The van der Waals surface area contributed by atoms with Crippen molar-refractivity contribution < 1.29 is 50.6 Å². The number of rotatable bonds is 25. The molecule has 0 saturated carbocycles. The lowest BCUT2D eigenvalue weighted by molar-refractivity contribution is -0.154. The summed E-state index contributed by atoms with van der Waals surface area (Å²) in [5.41, 5.74) is 10.7. The maximum Gasteiger partial charge on any atom is 0.311 e. The molecule has 4 aromatic carbocycles. The van der Waals surface area contributed by atoms with Crippen LogP contribution in [-0.2, 0) is 72.6 Å². The van der Waals surface area contributed by atoms with Gasteiger partial charge >= 0.3 is 11.9 Å². The Bertz CT molecular complexity index is 4320. The normalized spacial score (nSPS) is 11.9. The first-order valence-electron chi connectivity index (χ1n) is 32.1. The molecule has 0 saturated heterocycles. The van der Waals surface area contributed by atoms with Crippen LogP contribution in [0, 0.1) is 10.8 Å². The maximum atomic E-state index is 13.2. The molecule has 0 unspecified atom stereocenters. The molecule has 10 aromatic rings. The van der Waals surface area contributed by atoms with Crippen molar-refractivity contribution >= 4 is 67.4 Å². The molecule has 0 fully saturated rings. The lowest BCUT2D eigenvalue weighted by atomic mass is 9.87. The zero-order valence-electron chi connectivity index (χ0n) is 58.3. The Morgan fingerprint density at radius 3 is 1.45 bits per heavy atom. The molecular formula is C77H90N6O11S3. The van der Waals surface area contributed by atoms with E-state index < -0.39 is 20.9 Å². The van der Waals surface area contributed by atoms with E-state index in [2.05, 4.69) is 113 Å². The summed E-state index contributed by atoms with van der Waals surface area (Å²) < 4.78 is 62.1. The molecule has 17 nitrogen and oxygen atoms in total. The third-order valence-electron chi connectivity index (χ3n) is 15.1. The molecule has 512 valence electrons. The molecule has 6 heterocycles. The molecule has 0 spiro atoms. The molecule has 20 heteroatoms. The number of carbonyl (C=O) groups excluding carboxylic acids is 2. The van der Waals surface area contributed by atoms with Gasteiger partial charge in [-0.1, -0.05) is 102 Å². The lowest BCUT2D eigenvalue weighted by Crippen LogP contribution is -2.30. The summed E-state index contributed by atoms with van der Waals surface area (Å²) in [5.74, 6) is 2.35. The largest absolute Gasteiger partial charge is 0.487 e. The first-order chi connectivity index (χ1) is 46.0. The van der Waals surface area contributed by atoms with Crippen molar-refractivity contribution in [3.8, 4) is 45.5 Å². The van der Waals surface area contributed by atoms with E-state index in [-0.39, 0.29) is 28.0 Å². The number of carbonyl (C=O) groups is 2. The number of nitrogens with one attached hydrogen (secondary N) is 1. The van der Waals surface area contributed by atoms with Crippen LogP contribution < -0.4 is 18.9 Å². The first-order valence-corrected chi connectivity index (χ1v) is 35.6. The molecule has 0 bridgehead atoms. The van der Waals surface area contributed by atoms with Gasteiger partial charge in [-0.25, -0.2) is 9.97 Å². The Labute approximate surface area is 579 Å². The molecule has 10 rings (SSSR count). The monoisotopic (exact) mass is 1370 g/mol. The summed E-state index contributed by atoms with van der Waals surface area (Å²) in [5, 5.41) is 2.21. The number of H-pyrrole nitrogens is 1. The number of methoxy groups -OCH3 is 2. The van der Waals surface area contributed by atoms with Crippen LogP contribution in [0.1, 0.15) is 117 Å². The van der Waals surface area contributed by atoms with Gasteiger partial charge < -0.3 is 38.0 Å². The SMILES string of the molecule is CCOC(=O)C(C)(C)Cc1[nH]c2ccc(OCc3ccccn3)cc2c1SC(C)(C)C.CCOC(=O)C(C)(C)Cc1c(SC(C)(C)C)c2cc(OCc3ccccn3)ccc2n1Cc1ccc(-c2ccc(OC)nc2)cc1.COc1ccc(-c2ccc(COS(C)(=O)=O)cc2)cn1. The highest BCUT2D eigenvalue weighted by Crippen LogP contribution is 2.46. The highest BCUT2D eigenvalue weighted by molar-refractivity contribution is 8.01. The Morgan fingerprint density at radius 1 is 0.526 bits per heavy atom. The van der Waals surface area contributed by atoms with Gasteiger partial charge in [-0.3, -0.25) is 23.7 Å². The third-order valence-corrected chi connectivity index (χ3v) is 18.2. The molecular weight excluding hydrogens is 1280 g/mol. The van der Waals surface area contributed by atoms with E-state index in [4.69, 9.17) is 32.6 Å². The minimum absolute atomic E-state index is 0.0166. The summed E-state index contributed by atoms with van der Waals surface area (Å²) in [6, 6.07) is 47.6. The minimum atomic E-state index is -3.42. The van der Waals surface area contributed by atoms with Crippen LogP contribution in [0.15, 0.2) is 180 Å². The number of hydrogen-bond donors (Lipinski definition) is 1. The fraction of sp³-hybridized carbons (Fsp3) is 0.351. The number of hydrogen-bond acceptors (Lipinski definition) is 17. The van der Waals surface area contributed by atoms with Crippen LogP contribution in [0.5, 0.6) is 23.3 Å². The molecule has 0 radical (unpaired) electrons.